The van der Waals surface area contributed by atoms with Gasteiger partial charge in [0.25, 0.3) is 0 Å². The van der Waals surface area contributed by atoms with Crippen molar-refractivity contribution >= 4 is 17.7 Å². The molecule has 2 N–H and O–H groups in total. The summed E-state index contributed by atoms with van der Waals surface area (Å²) in [7, 11) is 0. The van der Waals surface area contributed by atoms with E-state index in [1.54, 1.807) is 6.08 Å². The van der Waals surface area contributed by atoms with Crippen LogP contribution >= 0.6 is 0 Å². The number of aliphatic carboxylic acids is 1. The van der Waals surface area contributed by atoms with Gasteiger partial charge < -0.3 is 19.9 Å². The van der Waals surface area contributed by atoms with Crippen LogP contribution in [0.25, 0.3) is 17.2 Å². The fourth-order valence-corrected chi connectivity index (χ4v) is 3.26. The fraction of sp³-hybridized carbons (Fsp3) is 0.375. The van der Waals surface area contributed by atoms with E-state index in [4.69, 9.17) is 9.47 Å². The number of hydrogen-bond acceptors (Lipinski definition) is 4. The van der Waals surface area contributed by atoms with Crippen LogP contribution in [0.1, 0.15) is 38.2 Å². The summed E-state index contributed by atoms with van der Waals surface area (Å²) in [6, 6.07) is 14.1. The van der Waals surface area contributed by atoms with E-state index in [0.717, 1.165) is 60.5 Å². The largest absolute Gasteiger partial charge is 0.491 e. The van der Waals surface area contributed by atoms with E-state index in [9.17, 15) is 9.90 Å². The number of ether oxygens (including phenoxy) is 2. The molecule has 2 aromatic carbocycles. The third-order valence-electron chi connectivity index (χ3n) is 4.92. The second-order valence-electron chi connectivity index (χ2n) is 7.15. The summed E-state index contributed by atoms with van der Waals surface area (Å²) in [6.45, 7) is 4.83. The van der Waals surface area contributed by atoms with E-state index in [0.29, 0.717) is 25.2 Å². The van der Waals surface area contributed by atoms with Crippen molar-refractivity contribution in [3.63, 3.8) is 0 Å². The van der Waals surface area contributed by atoms with Gasteiger partial charge in [-0.1, -0.05) is 31.5 Å². The molecule has 154 valence electrons. The first-order chi connectivity index (χ1) is 14.2. The van der Waals surface area contributed by atoms with Gasteiger partial charge in [-0.3, -0.25) is 0 Å². The highest BCUT2D eigenvalue weighted by molar-refractivity contribution is 5.94. The minimum Gasteiger partial charge on any atom is -0.491 e. The van der Waals surface area contributed by atoms with E-state index in [-0.39, 0.29) is 0 Å². The Morgan fingerprint density at radius 3 is 2.62 bits per heavy atom. The van der Waals surface area contributed by atoms with Crippen LogP contribution in [-0.2, 0) is 9.53 Å². The molecule has 0 saturated carbocycles. The average molecular weight is 395 g/mol. The van der Waals surface area contributed by atoms with Gasteiger partial charge in [0.1, 0.15) is 12.4 Å². The van der Waals surface area contributed by atoms with Crippen molar-refractivity contribution in [2.75, 3.05) is 31.7 Å². The molecular weight excluding hydrogens is 366 g/mol. The maximum atomic E-state index is 11.5. The van der Waals surface area contributed by atoms with Gasteiger partial charge >= 0.3 is 5.97 Å². The Morgan fingerprint density at radius 1 is 1.07 bits per heavy atom. The highest BCUT2D eigenvalue weighted by Crippen LogP contribution is 2.30. The highest BCUT2D eigenvalue weighted by Gasteiger charge is 2.13. The Kier molecular flexibility index (Phi) is 7.70. The van der Waals surface area contributed by atoms with Gasteiger partial charge in [0, 0.05) is 24.4 Å². The van der Waals surface area contributed by atoms with Crippen molar-refractivity contribution in [2.45, 2.75) is 32.6 Å². The summed E-state index contributed by atoms with van der Waals surface area (Å²) >= 11 is 0. The molecule has 0 saturated heterocycles. The maximum absolute atomic E-state index is 11.5. The quantitative estimate of drug-likeness (QED) is 0.570. The molecule has 1 aliphatic rings. The van der Waals surface area contributed by atoms with Crippen LogP contribution in [0.5, 0.6) is 5.75 Å². The minimum absolute atomic E-state index is 0.454. The molecule has 2 aromatic rings. The van der Waals surface area contributed by atoms with Gasteiger partial charge in [-0.2, -0.15) is 0 Å². The number of carboxylic acid groups (broad SMARTS) is 1. The number of rotatable bonds is 9. The van der Waals surface area contributed by atoms with Crippen LogP contribution in [0.4, 0.5) is 5.69 Å². The van der Waals surface area contributed by atoms with Crippen LogP contribution in [0.3, 0.4) is 0 Å². The molecule has 1 aliphatic heterocycles. The Balaban J connectivity index is 1.68. The molecule has 0 spiro atoms. The standard InChI is InChI=1S/C24H29NO4/c1-2-3-13-28-14-15-29-22-9-6-18(7-10-22)19-8-11-23-21(16-19)17-20(24(26)27)5-4-12-25-23/h6-11,16-17,25H,2-5,12-15H2,1H3,(H,26,27). The summed E-state index contributed by atoms with van der Waals surface area (Å²) < 4.78 is 11.2. The molecule has 0 aromatic heterocycles. The lowest BCUT2D eigenvalue weighted by atomic mass is 9.98. The molecule has 0 aliphatic carbocycles. The molecule has 5 nitrogen and oxygen atoms in total. The molecule has 3 rings (SSSR count). The lowest BCUT2D eigenvalue weighted by molar-refractivity contribution is -0.132. The van der Waals surface area contributed by atoms with Crippen molar-refractivity contribution in [1.29, 1.82) is 0 Å². The van der Waals surface area contributed by atoms with Crippen molar-refractivity contribution in [2.24, 2.45) is 0 Å². The second kappa shape index (κ2) is 10.7. The predicted octanol–water partition coefficient (Wildman–Crippen LogP) is 5.22. The number of anilines is 1. The number of nitrogens with one attached hydrogen (secondary N) is 1. The van der Waals surface area contributed by atoms with Crippen LogP contribution in [0, 0.1) is 0 Å². The summed E-state index contributed by atoms with van der Waals surface area (Å²) in [5.41, 5.74) is 4.43. The molecule has 5 heteroatoms. The summed E-state index contributed by atoms with van der Waals surface area (Å²) in [4.78, 5) is 11.5. The zero-order valence-corrected chi connectivity index (χ0v) is 16.9. The van der Waals surface area contributed by atoms with E-state index < -0.39 is 5.97 Å². The van der Waals surface area contributed by atoms with E-state index in [2.05, 4.69) is 18.3 Å². The molecular formula is C24H29NO4. The Hall–Kier alpha value is -2.79. The summed E-state index contributed by atoms with van der Waals surface area (Å²) in [5, 5.41) is 12.8. The van der Waals surface area contributed by atoms with Gasteiger partial charge in [-0.05, 0) is 66.3 Å². The van der Waals surface area contributed by atoms with Crippen molar-refractivity contribution in [1.82, 2.24) is 0 Å². The molecule has 0 amide bonds. The van der Waals surface area contributed by atoms with Gasteiger partial charge in [0.15, 0.2) is 0 Å². The number of benzene rings is 2. The normalized spacial score (nSPS) is 13.5. The molecule has 29 heavy (non-hydrogen) atoms. The molecule has 0 fully saturated rings. The van der Waals surface area contributed by atoms with Crippen molar-refractivity contribution < 1.29 is 19.4 Å². The number of carbonyl (C=O) groups is 1. The average Bonchev–Trinajstić information content (AvgIpc) is 2.71. The number of hydrogen-bond donors (Lipinski definition) is 2. The monoisotopic (exact) mass is 395 g/mol. The van der Waals surface area contributed by atoms with Crippen LogP contribution in [-0.4, -0.2) is 37.4 Å². The zero-order chi connectivity index (χ0) is 20.5. The third-order valence-corrected chi connectivity index (χ3v) is 4.92. The van der Waals surface area contributed by atoms with E-state index in [1.165, 1.54) is 0 Å². The molecule has 0 radical (unpaired) electrons. The Bertz CT molecular complexity index is 842. The summed E-state index contributed by atoms with van der Waals surface area (Å²) in [5.74, 6) is -0.0303. The molecule has 0 atom stereocenters. The lowest BCUT2D eigenvalue weighted by Gasteiger charge is -2.16. The molecule has 0 bridgehead atoms. The van der Waals surface area contributed by atoms with Crippen molar-refractivity contribution in [3.05, 3.63) is 53.6 Å². The first kappa shape index (κ1) is 20.9. The van der Waals surface area contributed by atoms with E-state index in [1.807, 2.05) is 36.4 Å². The lowest BCUT2D eigenvalue weighted by Crippen LogP contribution is -2.09. The third kappa shape index (κ3) is 6.09. The summed E-state index contributed by atoms with van der Waals surface area (Å²) in [6.07, 6.45) is 5.37. The zero-order valence-electron chi connectivity index (χ0n) is 16.9. The highest BCUT2D eigenvalue weighted by atomic mass is 16.5. The van der Waals surface area contributed by atoms with Gasteiger partial charge in [0.2, 0.25) is 0 Å². The SMILES string of the molecule is CCCCOCCOc1ccc(-c2ccc3c(c2)C=C(C(=O)O)CCCN3)cc1. The van der Waals surface area contributed by atoms with Crippen LogP contribution in [0.2, 0.25) is 0 Å². The van der Waals surface area contributed by atoms with Crippen LogP contribution in [0.15, 0.2) is 48.0 Å². The number of fused-ring (bicyclic) bond motifs is 1. The maximum Gasteiger partial charge on any atom is 0.331 e. The number of carboxylic acids is 1. The second-order valence-corrected chi connectivity index (χ2v) is 7.15. The molecule has 0 unspecified atom stereocenters. The van der Waals surface area contributed by atoms with Crippen molar-refractivity contribution in [3.8, 4) is 16.9 Å². The van der Waals surface area contributed by atoms with Gasteiger partial charge in [-0.25, -0.2) is 4.79 Å². The van der Waals surface area contributed by atoms with Crippen LogP contribution < -0.4 is 10.1 Å². The van der Waals surface area contributed by atoms with E-state index >= 15 is 0 Å². The Morgan fingerprint density at radius 2 is 1.86 bits per heavy atom. The fourth-order valence-electron chi connectivity index (χ4n) is 3.26. The first-order valence-corrected chi connectivity index (χ1v) is 10.3. The minimum atomic E-state index is -0.844. The smallest absolute Gasteiger partial charge is 0.331 e. The van der Waals surface area contributed by atoms with Gasteiger partial charge in [-0.15, -0.1) is 0 Å². The Labute approximate surface area is 172 Å². The first-order valence-electron chi connectivity index (χ1n) is 10.3. The number of unbranched alkanes of at least 4 members (excludes halogenated alkanes) is 1. The topological polar surface area (TPSA) is 67.8 Å². The van der Waals surface area contributed by atoms with Gasteiger partial charge in [0.05, 0.1) is 6.61 Å². The predicted molar refractivity (Wildman–Crippen MR) is 116 cm³/mol. The molecule has 1 heterocycles.